The molecular weight excluding hydrogens is 280 g/mol. The number of hydrogen-bond acceptors (Lipinski definition) is 3. The van der Waals surface area contributed by atoms with Crippen LogP contribution in [0.4, 0.5) is 5.69 Å². The van der Waals surface area contributed by atoms with Gasteiger partial charge < -0.3 is 5.11 Å². The smallest absolute Gasteiger partial charge is 0.306 e. The number of rotatable bonds is 9. The summed E-state index contributed by atoms with van der Waals surface area (Å²) in [6, 6.07) is 9.30. The van der Waals surface area contributed by atoms with E-state index >= 15 is 0 Å². The largest absolute Gasteiger partial charge is 0.481 e. The molecule has 2 atom stereocenters. The van der Waals surface area contributed by atoms with Gasteiger partial charge in [0.05, 0.1) is 11.6 Å². The molecule has 0 fully saturated rings. The van der Waals surface area contributed by atoms with Gasteiger partial charge in [0.25, 0.3) is 0 Å². The molecule has 1 aromatic rings. The monoisotopic (exact) mass is 306 g/mol. The van der Waals surface area contributed by atoms with Crippen LogP contribution in [-0.4, -0.2) is 17.0 Å². The number of carboxylic acids is 1. The average molecular weight is 306 g/mol. The molecule has 5 heteroatoms. The van der Waals surface area contributed by atoms with Gasteiger partial charge in [-0.05, 0) is 30.4 Å². The van der Waals surface area contributed by atoms with Gasteiger partial charge in [-0.15, -0.1) is 0 Å². The molecule has 22 heavy (non-hydrogen) atoms. The van der Waals surface area contributed by atoms with Gasteiger partial charge in [0.15, 0.2) is 0 Å². The fourth-order valence-electron chi connectivity index (χ4n) is 2.31. The summed E-state index contributed by atoms with van der Waals surface area (Å²) in [4.78, 5) is 23.3. The van der Waals surface area contributed by atoms with Crippen LogP contribution in [0.25, 0.3) is 0 Å². The number of aliphatic carboxylic acids is 1. The molecule has 0 aliphatic heterocycles. The summed E-state index contributed by atoms with van der Waals surface area (Å²) in [5.74, 6) is -1.24. The van der Waals surface area contributed by atoms with Crippen LogP contribution >= 0.6 is 0 Å². The number of amides is 1. The molecule has 0 saturated carbocycles. The zero-order valence-corrected chi connectivity index (χ0v) is 13.5. The van der Waals surface area contributed by atoms with Gasteiger partial charge in [0.2, 0.25) is 5.91 Å². The highest BCUT2D eigenvalue weighted by Gasteiger charge is 2.26. The first-order valence-corrected chi connectivity index (χ1v) is 7.72. The number of carbonyl (C=O) groups excluding carboxylic acids is 1. The van der Waals surface area contributed by atoms with Gasteiger partial charge in [-0.1, -0.05) is 45.4 Å². The third kappa shape index (κ3) is 6.61. The lowest BCUT2D eigenvalue weighted by molar-refractivity contribution is -0.144. The molecule has 0 saturated heterocycles. The average Bonchev–Trinajstić information content (AvgIpc) is 2.45. The van der Waals surface area contributed by atoms with E-state index in [2.05, 4.69) is 24.7 Å². The fourth-order valence-corrected chi connectivity index (χ4v) is 2.31. The Hall–Kier alpha value is -2.04. The van der Waals surface area contributed by atoms with Crippen LogP contribution in [0.3, 0.4) is 0 Å². The summed E-state index contributed by atoms with van der Waals surface area (Å²) in [6.07, 6.45) is 1.65. The molecule has 0 aromatic heterocycles. The Morgan fingerprint density at radius 1 is 1.09 bits per heavy atom. The molecule has 5 nitrogen and oxygen atoms in total. The van der Waals surface area contributed by atoms with Crippen molar-refractivity contribution in [2.75, 3.05) is 5.43 Å². The van der Waals surface area contributed by atoms with E-state index in [-0.39, 0.29) is 18.2 Å². The molecule has 1 amide bonds. The second-order valence-electron chi connectivity index (χ2n) is 6.14. The summed E-state index contributed by atoms with van der Waals surface area (Å²) < 4.78 is 0. The third-order valence-electron chi connectivity index (χ3n) is 3.69. The first-order valence-electron chi connectivity index (χ1n) is 7.72. The molecule has 0 heterocycles. The van der Waals surface area contributed by atoms with Gasteiger partial charge in [-0.2, -0.15) is 0 Å². The lowest BCUT2D eigenvalue weighted by atomic mass is 9.85. The van der Waals surface area contributed by atoms with Crippen molar-refractivity contribution < 1.29 is 14.7 Å². The molecule has 3 N–H and O–H groups in total. The van der Waals surface area contributed by atoms with Crippen LogP contribution in [0.1, 0.15) is 40.0 Å². The maximum atomic E-state index is 11.9. The molecular formula is C17H26N2O3. The molecule has 0 aliphatic carbocycles. The molecule has 0 unspecified atom stereocenters. The predicted octanol–water partition coefficient (Wildman–Crippen LogP) is 3.29. The lowest BCUT2D eigenvalue weighted by Gasteiger charge is -2.20. The third-order valence-corrected chi connectivity index (χ3v) is 3.69. The van der Waals surface area contributed by atoms with Gasteiger partial charge in [-0.25, -0.2) is 0 Å². The number of hydrazine groups is 1. The number of benzene rings is 1. The molecule has 0 radical (unpaired) electrons. The van der Waals surface area contributed by atoms with Crippen LogP contribution in [0.15, 0.2) is 30.3 Å². The summed E-state index contributed by atoms with van der Waals surface area (Å²) in [5, 5.41) is 9.33. The van der Waals surface area contributed by atoms with E-state index in [0.29, 0.717) is 12.3 Å². The molecule has 1 aromatic carbocycles. The normalized spacial score (nSPS) is 13.5. The standard InChI is InChI=1S/C17H26N2O3/c1-12(2)9-10-15(17(21)22)13(3)11-16(20)19-18-14-7-5-4-6-8-14/h4-8,12-13,15,18H,9-11H2,1-3H3,(H,19,20)(H,21,22)/t13-,15+/m0/s1. The quantitative estimate of drug-likeness (QED) is 0.612. The van der Waals surface area contributed by atoms with Crippen molar-refractivity contribution in [3.8, 4) is 0 Å². The Bertz CT molecular complexity index is 474. The predicted molar refractivity (Wildman–Crippen MR) is 87.2 cm³/mol. The minimum atomic E-state index is -0.822. The maximum absolute atomic E-state index is 11.9. The Morgan fingerprint density at radius 2 is 1.73 bits per heavy atom. The summed E-state index contributed by atoms with van der Waals surface area (Å²) >= 11 is 0. The van der Waals surface area contributed by atoms with Crippen molar-refractivity contribution in [3.63, 3.8) is 0 Å². The Morgan fingerprint density at radius 3 is 2.27 bits per heavy atom. The van der Waals surface area contributed by atoms with Gasteiger partial charge in [0.1, 0.15) is 0 Å². The Labute approximate surface area is 132 Å². The molecule has 122 valence electrons. The Balaban J connectivity index is 2.44. The number of nitrogens with one attached hydrogen (secondary N) is 2. The van der Waals surface area contributed by atoms with Crippen molar-refractivity contribution in [1.82, 2.24) is 5.43 Å². The van der Waals surface area contributed by atoms with Crippen molar-refractivity contribution in [1.29, 1.82) is 0 Å². The summed E-state index contributed by atoms with van der Waals surface area (Å²) in [6.45, 7) is 5.96. The van der Waals surface area contributed by atoms with Gasteiger partial charge in [0, 0.05) is 6.42 Å². The van der Waals surface area contributed by atoms with E-state index in [9.17, 15) is 14.7 Å². The van der Waals surface area contributed by atoms with Crippen molar-refractivity contribution in [2.45, 2.75) is 40.0 Å². The highest BCUT2D eigenvalue weighted by molar-refractivity contribution is 5.79. The topological polar surface area (TPSA) is 78.4 Å². The van der Waals surface area contributed by atoms with Crippen LogP contribution in [0.5, 0.6) is 0 Å². The van der Waals surface area contributed by atoms with Crippen LogP contribution in [0, 0.1) is 17.8 Å². The van der Waals surface area contributed by atoms with Crippen LogP contribution in [-0.2, 0) is 9.59 Å². The van der Waals surface area contributed by atoms with Crippen molar-refractivity contribution in [3.05, 3.63) is 30.3 Å². The minimum Gasteiger partial charge on any atom is -0.481 e. The number of carboxylic acid groups (broad SMARTS) is 1. The molecule has 0 aliphatic rings. The second kappa shape index (κ2) is 9.07. The summed E-state index contributed by atoms with van der Waals surface area (Å²) in [5.41, 5.74) is 6.22. The number of carbonyl (C=O) groups is 2. The van der Waals surface area contributed by atoms with E-state index in [1.54, 1.807) is 0 Å². The highest BCUT2D eigenvalue weighted by Crippen LogP contribution is 2.23. The maximum Gasteiger partial charge on any atom is 0.306 e. The molecule has 0 spiro atoms. The van der Waals surface area contributed by atoms with E-state index in [4.69, 9.17) is 0 Å². The second-order valence-corrected chi connectivity index (χ2v) is 6.14. The minimum absolute atomic E-state index is 0.189. The zero-order chi connectivity index (χ0) is 16.5. The highest BCUT2D eigenvalue weighted by atomic mass is 16.4. The van der Waals surface area contributed by atoms with E-state index in [1.165, 1.54) is 0 Å². The van der Waals surface area contributed by atoms with Crippen molar-refractivity contribution >= 4 is 17.6 Å². The van der Waals surface area contributed by atoms with Crippen LogP contribution < -0.4 is 10.9 Å². The van der Waals surface area contributed by atoms with Crippen molar-refractivity contribution in [2.24, 2.45) is 17.8 Å². The lowest BCUT2D eigenvalue weighted by Crippen LogP contribution is -2.33. The first kappa shape index (κ1) is 18.0. The van der Waals surface area contributed by atoms with Gasteiger partial charge >= 0.3 is 5.97 Å². The number of anilines is 1. The SMILES string of the molecule is CC(C)CC[C@@H](C(=O)O)[C@@H](C)CC(=O)NNc1ccccc1. The first-order chi connectivity index (χ1) is 10.4. The molecule has 0 bridgehead atoms. The van der Waals surface area contributed by atoms with E-state index in [0.717, 1.165) is 12.1 Å². The van der Waals surface area contributed by atoms with Gasteiger partial charge in [-0.3, -0.25) is 20.4 Å². The van der Waals surface area contributed by atoms with E-state index in [1.807, 2.05) is 37.3 Å². The summed E-state index contributed by atoms with van der Waals surface area (Å²) in [7, 11) is 0. The van der Waals surface area contributed by atoms with Crippen LogP contribution in [0.2, 0.25) is 0 Å². The number of para-hydroxylation sites is 1. The Kier molecular flexibility index (Phi) is 7.43. The fraction of sp³-hybridized carbons (Fsp3) is 0.529. The zero-order valence-electron chi connectivity index (χ0n) is 13.5. The van der Waals surface area contributed by atoms with E-state index < -0.39 is 11.9 Å². The molecule has 1 rings (SSSR count). The number of hydrogen-bond donors (Lipinski definition) is 3.